The second kappa shape index (κ2) is 12.6. The molecule has 3 rings (SSSR count). The maximum absolute atomic E-state index is 4.40. The van der Waals surface area contributed by atoms with Gasteiger partial charge in [0.1, 0.15) is 0 Å². The van der Waals surface area contributed by atoms with Gasteiger partial charge in [0.2, 0.25) is 0 Å². The number of anilines is 2. The van der Waals surface area contributed by atoms with Crippen molar-refractivity contribution in [3.05, 3.63) is 60.7 Å². The van der Waals surface area contributed by atoms with Crippen molar-refractivity contribution in [1.29, 1.82) is 0 Å². The van der Waals surface area contributed by atoms with Crippen LogP contribution in [-0.2, 0) is 0 Å². The molecule has 1 unspecified atom stereocenters. The van der Waals surface area contributed by atoms with Crippen LogP contribution in [0.4, 0.5) is 11.4 Å². The van der Waals surface area contributed by atoms with Crippen molar-refractivity contribution < 1.29 is 0 Å². The van der Waals surface area contributed by atoms with Gasteiger partial charge in [0.15, 0.2) is 5.96 Å². The molecule has 1 atom stereocenters. The number of nitrogens with zero attached hydrogens (tertiary/aromatic N) is 3. The lowest BCUT2D eigenvalue weighted by Gasteiger charge is -2.21. The molecule has 158 valence electrons. The predicted molar refractivity (Wildman–Crippen MR) is 136 cm³/mol. The average molecular weight is 507 g/mol. The fourth-order valence-corrected chi connectivity index (χ4v) is 3.63. The summed E-state index contributed by atoms with van der Waals surface area (Å²) in [4.78, 5) is 9.14. The van der Waals surface area contributed by atoms with Gasteiger partial charge < -0.3 is 20.4 Å². The van der Waals surface area contributed by atoms with Crippen molar-refractivity contribution in [2.45, 2.75) is 25.3 Å². The predicted octanol–water partition coefficient (Wildman–Crippen LogP) is 3.96. The molecular formula is C23H34IN5. The van der Waals surface area contributed by atoms with E-state index in [1.54, 1.807) is 0 Å². The number of para-hydroxylation sites is 2. The summed E-state index contributed by atoms with van der Waals surface area (Å²) in [6.07, 6.45) is 3.41. The van der Waals surface area contributed by atoms with E-state index in [1.165, 1.54) is 11.4 Å². The molecule has 0 spiro atoms. The Bertz CT molecular complexity index is 723. The van der Waals surface area contributed by atoms with Crippen LogP contribution in [0.1, 0.15) is 19.3 Å². The first-order chi connectivity index (χ1) is 13.8. The number of rotatable bonds is 8. The fraction of sp³-hybridized carbons (Fsp3) is 0.435. The summed E-state index contributed by atoms with van der Waals surface area (Å²) in [6, 6.07) is 21.6. The summed E-state index contributed by atoms with van der Waals surface area (Å²) < 4.78 is 0. The first-order valence-corrected chi connectivity index (χ1v) is 10.3. The van der Waals surface area contributed by atoms with Crippen molar-refractivity contribution in [2.75, 3.05) is 50.1 Å². The summed E-state index contributed by atoms with van der Waals surface area (Å²) >= 11 is 0. The Morgan fingerprint density at radius 1 is 1.07 bits per heavy atom. The van der Waals surface area contributed by atoms with Crippen molar-refractivity contribution in [2.24, 2.45) is 4.99 Å². The second-order valence-corrected chi connectivity index (χ2v) is 7.37. The van der Waals surface area contributed by atoms with Crippen LogP contribution in [0, 0.1) is 0 Å². The molecule has 1 heterocycles. The van der Waals surface area contributed by atoms with Gasteiger partial charge in [0, 0.05) is 57.7 Å². The van der Waals surface area contributed by atoms with Crippen molar-refractivity contribution in [3.63, 3.8) is 0 Å². The summed E-state index contributed by atoms with van der Waals surface area (Å²) in [5, 5.41) is 7.04. The van der Waals surface area contributed by atoms with E-state index in [0.29, 0.717) is 6.04 Å². The molecule has 1 aliphatic heterocycles. The highest BCUT2D eigenvalue weighted by Crippen LogP contribution is 2.19. The van der Waals surface area contributed by atoms with E-state index in [2.05, 4.69) is 93.1 Å². The highest BCUT2D eigenvalue weighted by molar-refractivity contribution is 14.0. The van der Waals surface area contributed by atoms with E-state index in [0.717, 1.165) is 51.4 Å². The second-order valence-electron chi connectivity index (χ2n) is 7.37. The molecule has 0 aliphatic carbocycles. The molecule has 0 amide bonds. The Hall–Kier alpha value is -1.96. The molecule has 2 aromatic carbocycles. The molecule has 0 saturated carbocycles. The van der Waals surface area contributed by atoms with E-state index in [1.807, 2.05) is 7.05 Å². The van der Waals surface area contributed by atoms with Crippen molar-refractivity contribution in [3.8, 4) is 0 Å². The van der Waals surface area contributed by atoms with Gasteiger partial charge in [0.25, 0.3) is 0 Å². The minimum absolute atomic E-state index is 0. The largest absolute Gasteiger partial charge is 0.375 e. The third kappa shape index (κ3) is 7.42. The first-order valence-electron chi connectivity index (χ1n) is 10.3. The van der Waals surface area contributed by atoms with Gasteiger partial charge in [-0.15, -0.1) is 24.0 Å². The lowest BCUT2D eigenvalue weighted by Crippen LogP contribution is -2.44. The Labute approximate surface area is 192 Å². The Balaban J connectivity index is 0.00000300. The van der Waals surface area contributed by atoms with Crippen LogP contribution in [0.5, 0.6) is 0 Å². The lowest BCUT2D eigenvalue weighted by atomic mass is 10.2. The van der Waals surface area contributed by atoms with Crippen LogP contribution >= 0.6 is 24.0 Å². The molecule has 0 aromatic heterocycles. The number of hydrogen-bond acceptors (Lipinski definition) is 3. The van der Waals surface area contributed by atoms with Crippen molar-refractivity contribution in [1.82, 2.24) is 10.6 Å². The number of guanidine groups is 1. The minimum Gasteiger partial charge on any atom is -0.375 e. The third-order valence-corrected chi connectivity index (χ3v) is 5.28. The number of nitrogens with one attached hydrogen (secondary N) is 2. The summed E-state index contributed by atoms with van der Waals surface area (Å²) in [6.45, 7) is 4.11. The zero-order valence-electron chi connectivity index (χ0n) is 17.6. The van der Waals surface area contributed by atoms with E-state index < -0.39 is 0 Å². The first kappa shape index (κ1) is 23.3. The van der Waals surface area contributed by atoms with E-state index >= 15 is 0 Å². The van der Waals surface area contributed by atoms with E-state index in [4.69, 9.17) is 0 Å². The molecule has 6 heteroatoms. The molecule has 1 fully saturated rings. The number of halogens is 1. The van der Waals surface area contributed by atoms with Gasteiger partial charge in [-0.05, 0) is 43.5 Å². The molecule has 1 saturated heterocycles. The zero-order chi connectivity index (χ0) is 19.6. The summed E-state index contributed by atoms with van der Waals surface area (Å²) in [5.41, 5.74) is 2.58. The molecule has 29 heavy (non-hydrogen) atoms. The van der Waals surface area contributed by atoms with Gasteiger partial charge in [-0.25, -0.2) is 0 Å². The van der Waals surface area contributed by atoms with E-state index in [9.17, 15) is 0 Å². The van der Waals surface area contributed by atoms with E-state index in [-0.39, 0.29) is 24.0 Å². The number of aliphatic imine (C=N–C) groups is 1. The van der Waals surface area contributed by atoms with Crippen LogP contribution in [0.3, 0.4) is 0 Å². The minimum atomic E-state index is 0. The van der Waals surface area contributed by atoms with Crippen LogP contribution in [0.2, 0.25) is 0 Å². The Kier molecular flexibility index (Phi) is 10.1. The molecule has 0 bridgehead atoms. The maximum atomic E-state index is 4.40. The topological polar surface area (TPSA) is 42.9 Å². The lowest BCUT2D eigenvalue weighted by molar-refractivity contribution is 0.635. The molecule has 1 aliphatic rings. The van der Waals surface area contributed by atoms with Crippen LogP contribution in [-0.4, -0.2) is 52.3 Å². The normalized spacial score (nSPS) is 16.3. The Morgan fingerprint density at radius 3 is 2.45 bits per heavy atom. The number of benzene rings is 2. The van der Waals surface area contributed by atoms with Gasteiger partial charge in [-0.2, -0.15) is 0 Å². The van der Waals surface area contributed by atoms with Gasteiger partial charge in [0.05, 0.1) is 0 Å². The Morgan fingerprint density at radius 2 is 1.76 bits per heavy atom. The maximum Gasteiger partial charge on any atom is 0.191 e. The monoisotopic (exact) mass is 507 g/mol. The SMILES string of the molecule is CN=C(NCCCCN(C)c1ccccc1)NC1CCN(c2ccccc2)C1.I. The average Bonchev–Trinajstić information content (AvgIpc) is 3.22. The molecule has 0 radical (unpaired) electrons. The van der Waals surface area contributed by atoms with Crippen LogP contribution < -0.4 is 20.4 Å². The summed E-state index contributed by atoms with van der Waals surface area (Å²) in [5.74, 6) is 0.913. The molecule has 2 N–H and O–H groups in total. The smallest absolute Gasteiger partial charge is 0.191 e. The number of unbranched alkanes of at least 4 members (excludes halogenated alkanes) is 1. The van der Waals surface area contributed by atoms with Crippen molar-refractivity contribution >= 4 is 41.3 Å². The quantitative estimate of drug-likeness (QED) is 0.246. The van der Waals surface area contributed by atoms with Gasteiger partial charge in [-0.3, -0.25) is 4.99 Å². The highest BCUT2D eigenvalue weighted by atomic mass is 127. The molecule has 5 nitrogen and oxygen atoms in total. The third-order valence-electron chi connectivity index (χ3n) is 5.28. The number of hydrogen-bond donors (Lipinski definition) is 2. The molecule has 2 aromatic rings. The van der Waals surface area contributed by atoms with Gasteiger partial charge in [-0.1, -0.05) is 36.4 Å². The fourth-order valence-electron chi connectivity index (χ4n) is 3.63. The van der Waals surface area contributed by atoms with Crippen LogP contribution in [0.25, 0.3) is 0 Å². The summed E-state index contributed by atoms with van der Waals surface area (Å²) in [7, 11) is 4.00. The highest BCUT2D eigenvalue weighted by Gasteiger charge is 2.23. The molecular weight excluding hydrogens is 473 g/mol. The van der Waals surface area contributed by atoms with Crippen LogP contribution in [0.15, 0.2) is 65.7 Å². The zero-order valence-corrected chi connectivity index (χ0v) is 19.9. The standard InChI is InChI=1S/C23H33N5.HI/c1-24-23(25-16-9-10-17-27(2)21-11-5-3-6-12-21)26-20-15-18-28(19-20)22-13-7-4-8-14-22;/h3-8,11-14,20H,9-10,15-19H2,1-2H3,(H2,24,25,26);1H. The van der Waals surface area contributed by atoms with Gasteiger partial charge >= 0.3 is 0 Å².